The molecule has 2 N–H and O–H groups in total. The van der Waals surface area contributed by atoms with E-state index in [1.54, 1.807) is 12.0 Å². The number of carbonyl (C=O) groups is 1. The van der Waals surface area contributed by atoms with Crippen LogP contribution in [0.1, 0.15) is 11.6 Å². The lowest BCUT2D eigenvalue weighted by Crippen LogP contribution is -2.63. The molecule has 1 aliphatic rings. The van der Waals surface area contributed by atoms with Gasteiger partial charge < -0.3 is 15.4 Å². The largest absolute Gasteiger partial charge is 0.497 e. The smallest absolute Gasteiger partial charge is 0.247 e. The molecular formula is C16H15BrN2O2. The predicted molar refractivity (Wildman–Crippen MR) is 85.3 cm³/mol. The molecule has 2 aromatic rings. The van der Waals surface area contributed by atoms with Gasteiger partial charge >= 0.3 is 0 Å². The van der Waals surface area contributed by atoms with Crippen molar-refractivity contribution in [3.8, 4) is 5.75 Å². The number of hydrogen-bond donors (Lipinski definition) is 1. The summed E-state index contributed by atoms with van der Waals surface area (Å²) in [7, 11) is 1.62. The van der Waals surface area contributed by atoms with Crippen LogP contribution in [0.2, 0.25) is 0 Å². The number of methoxy groups -OCH3 is 1. The molecule has 0 bridgehead atoms. The molecule has 4 nitrogen and oxygen atoms in total. The van der Waals surface area contributed by atoms with Crippen LogP contribution in [0.4, 0.5) is 5.69 Å². The maximum absolute atomic E-state index is 12.1. The minimum atomic E-state index is -0.492. The van der Waals surface area contributed by atoms with Gasteiger partial charge in [0.25, 0.3) is 0 Å². The molecule has 1 fully saturated rings. The van der Waals surface area contributed by atoms with Gasteiger partial charge in [0.15, 0.2) is 0 Å². The Balaban J connectivity index is 1.92. The van der Waals surface area contributed by atoms with Gasteiger partial charge in [-0.3, -0.25) is 4.79 Å². The van der Waals surface area contributed by atoms with Gasteiger partial charge in [-0.2, -0.15) is 0 Å². The van der Waals surface area contributed by atoms with E-state index in [9.17, 15) is 4.79 Å². The van der Waals surface area contributed by atoms with Crippen molar-refractivity contribution in [1.29, 1.82) is 0 Å². The van der Waals surface area contributed by atoms with Crippen LogP contribution in [0.15, 0.2) is 53.0 Å². The molecule has 5 heteroatoms. The molecule has 0 spiro atoms. The fourth-order valence-corrected chi connectivity index (χ4v) is 2.82. The van der Waals surface area contributed by atoms with E-state index in [-0.39, 0.29) is 11.9 Å². The molecular weight excluding hydrogens is 332 g/mol. The Morgan fingerprint density at radius 2 is 1.71 bits per heavy atom. The molecule has 2 atom stereocenters. The lowest BCUT2D eigenvalue weighted by molar-refractivity contribution is -0.126. The van der Waals surface area contributed by atoms with Gasteiger partial charge in [0, 0.05) is 10.2 Å². The van der Waals surface area contributed by atoms with Crippen LogP contribution in [0.25, 0.3) is 0 Å². The van der Waals surface area contributed by atoms with Crippen LogP contribution in [0, 0.1) is 0 Å². The number of anilines is 1. The van der Waals surface area contributed by atoms with Crippen molar-refractivity contribution in [2.45, 2.75) is 12.1 Å². The minimum absolute atomic E-state index is 0.0620. The van der Waals surface area contributed by atoms with Crippen molar-refractivity contribution in [2.24, 2.45) is 5.73 Å². The quantitative estimate of drug-likeness (QED) is 0.869. The number of β-lactam (4-membered cyclic amide) rings is 1. The summed E-state index contributed by atoms with van der Waals surface area (Å²) >= 11 is 3.41. The van der Waals surface area contributed by atoms with Crippen molar-refractivity contribution in [3.05, 3.63) is 58.6 Å². The number of hydrogen-bond acceptors (Lipinski definition) is 3. The summed E-state index contributed by atoms with van der Waals surface area (Å²) < 4.78 is 6.14. The van der Waals surface area contributed by atoms with Gasteiger partial charge in [0.05, 0.1) is 13.2 Å². The third-order valence-electron chi connectivity index (χ3n) is 3.70. The monoisotopic (exact) mass is 346 g/mol. The second kappa shape index (κ2) is 5.50. The third kappa shape index (κ3) is 2.43. The summed E-state index contributed by atoms with van der Waals surface area (Å²) in [6.45, 7) is 0. The number of ether oxygens (including phenoxy) is 1. The summed E-state index contributed by atoms with van der Waals surface area (Å²) in [6.07, 6.45) is 0. The highest BCUT2D eigenvalue weighted by Crippen LogP contribution is 2.38. The second-order valence-corrected chi connectivity index (χ2v) is 5.84. The number of nitrogens with two attached hydrogens (primary N) is 1. The number of nitrogens with zero attached hydrogens (tertiary/aromatic N) is 1. The van der Waals surface area contributed by atoms with Crippen LogP contribution < -0.4 is 15.4 Å². The Kier molecular flexibility index (Phi) is 3.69. The maximum Gasteiger partial charge on any atom is 0.247 e. The first-order chi connectivity index (χ1) is 10.1. The predicted octanol–water partition coefficient (Wildman–Crippen LogP) is 2.87. The fourth-order valence-electron chi connectivity index (χ4n) is 2.56. The van der Waals surface area contributed by atoms with E-state index >= 15 is 0 Å². The van der Waals surface area contributed by atoms with E-state index in [1.807, 2.05) is 48.5 Å². The van der Waals surface area contributed by atoms with Crippen molar-refractivity contribution >= 4 is 27.5 Å². The summed E-state index contributed by atoms with van der Waals surface area (Å²) in [5, 5.41) is 0. The molecule has 108 valence electrons. The first-order valence-electron chi connectivity index (χ1n) is 6.60. The van der Waals surface area contributed by atoms with Gasteiger partial charge in [0.2, 0.25) is 5.91 Å². The Morgan fingerprint density at radius 1 is 1.10 bits per heavy atom. The third-order valence-corrected chi connectivity index (χ3v) is 4.23. The summed E-state index contributed by atoms with van der Waals surface area (Å²) in [6, 6.07) is 14.7. The van der Waals surface area contributed by atoms with Crippen LogP contribution in [-0.2, 0) is 4.79 Å². The molecule has 1 amide bonds. The normalized spacial score (nSPS) is 21.1. The molecule has 21 heavy (non-hydrogen) atoms. The Labute approximate surface area is 131 Å². The van der Waals surface area contributed by atoms with E-state index in [2.05, 4.69) is 15.9 Å². The van der Waals surface area contributed by atoms with Gasteiger partial charge in [0.1, 0.15) is 11.8 Å². The van der Waals surface area contributed by atoms with Crippen LogP contribution in [0.5, 0.6) is 5.75 Å². The van der Waals surface area contributed by atoms with E-state index in [0.717, 1.165) is 21.5 Å². The molecule has 1 aliphatic heterocycles. The maximum atomic E-state index is 12.1. The number of benzene rings is 2. The van der Waals surface area contributed by atoms with Crippen LogP contribution in [-0.4, -0.2) is 19.1 Å². The topological polar surface area (TPSA) is 55.6 Å². The zero-order valence-corrected chi connectivity index (χ0v) is 13.1. The molecule has 1 heterocycles. The van der Waals surface area contributed by atoms with E-state index in [0.29, 0.717) is 0 Å². The van der Waals surface area contributed by atoms with Gasteiger partial charge in [-0.05, 0) is 42.0 Å². The van der Waals surface area contributed by atoms with E-state index < -0.39 is 6.04 Å². The summed E-state index contributed by atoms with van der Waals surface area (Å²) in [4.78, 5) is 13.9. The van der Waals surface area contributed by atoms with Crippen LogP contribution >= 0.6 is 15.9 Å². The minimum Gasteiger partial charge on any atom is -0.497 e. The van der Waals surface area contributed by atoms with Gasteiger partial charge in [-0.25, -0.2) is 0 Å². The summed E-state index contributed by atoms with van der Waals surface area (Å²) in [5.74, 6) is 0.698. The Hall–Kier alpha value is -1.85. The van der Waals surface area contributed by atoms with Gasteiger partial charge in [-0.15, -0.1) is 0 Å². The average Bonchev–Trinajstić information content (AvgIpc) is 2.53. The highest BCUT2D eigenvalue weighted by Gasteiger charge is 2.46. The zero-order chi connectivity index (χ0) is 15.0. The first-order valence-corrected chi connectivity index (χ1v) is 7.39. The first kappa shape index (κ1) is 14.1. The van der Waals surface area contributed by atoms with E-state index in [4.69, 9.17) is 10.5 Å². The molecule has 2 aromatic carbocycles. The number of rotatable bonds is 3. The van der Waals surface area contributed by atoms with Gasteiger partial charge in [-0.1, -0.05) is 28.1 Å². The molecule has 0 aliphatic carbocycles. The molecule has 0 saturated carbocycles. The fraction of sp³-hybridized carbons (Fsp3) is 0.188. The SMILES string of the molecule is COc1ccc(N2C(=O)[C@H](N)[C@H]2c2ccc(Br)cc2)cc1. The van der Waals surface area contributed by atoms with Crippen LogP contribution in [0.3, 0.4) is 0 Å². The average molecular weight is 347 g/mol. The number of carbonyl (C=O) groups excluding carboxylic acids is 1. The molecule has 1 saturated heterocycles. The molecule has 0 radical (unpaired) electrons. The number of halogens is 1. The van der Waals surface area contributed by atoms with Crippen molar-refractivity contribution in [2.75, 3.05) is 12.0 Å². The van der Waals surface area contributed by atoms with Crippen molar-refractivity contribution < 1.29 is 9.53 Å². The Morgan fingerprint density at radius 3 is 2.29 bits per heavy atom. The second-order valence-electron chi connectivity index (χ2n) is 4.93. The molecule has 0 unspecified atom stereocenters. The summed E-state index contributed by atoms with van der Waals surface area (Å²) in [5.41, 5.74) is 7.85. The lowest BCUT2D eigenvalue weighted by Gasteiger charge is -2.45. The lowest BCUT2D eigenvalue weighted by atomic mass is 9.88. The standard InChI is InChI=1S/C16H15BrN2O2/c1-21-13-8-6-12(7-9-13)19-15(14(18)16(19)20)10-2-4-11(17)5-3-10/h2-9,14-15H,18H2,1H3/t14-,15-/m1/s1. The Bertz CT molecular complexity index is 655. The van der Waals surface area contributed by atoms with Crippen molar-refractivity contribution in [1.82, 2.24) is 0 Å². The highest BCUT2D eigenvalue weighted by atomic mass is 79.9. The zero-order valence-electron chi connectivity index (χ0n) is 11.5. The number of amides is 1. The highest BCUT2D eigenvalue weighted by molar-refractivity contribution is 9.10. The van der Waals surface area contributed by atoms with E-state index in [1.165, 1.54) is 0 Å². The van der Waals surface area contributed by atoms with Crippen molar-refractivity contribution in [3.63, 3.8) is 0 Å². The molecule has 3 rings (SSSR count). The molecule has 0 aromatic heterocycles.